The lowest BCUT2D eigenvalue weighted by molar-refractivity contribution is -0.144. The molecule has 2 amide bonds. The molecule has 2 heterocycles. The molecule has 2 fully saturated rings. The van der Waals surface area contributed by atoms with Gasteiger partial charge in [0.05, 0.1) is 12.8 Å². The first kappa shape index (κ1) is 16.6. The third-order valence-electron chi connectivity index (χ3n) is 5.03. The Balaban J connectivity index is 1.59. The molecule has 130 valence electrons. The maximum atomic E-state index is 12.7. The van der Waals surface area contributed by atoms with E-state index >= 15 is 0 Å². The van der Waals surface area contributed by atoms with Crippen molar-refractivity contribution in [3.05, 3.63) is 24.3 Å². The number of piperidine rings is 1. The fraction of sp³-hybridized carbons (Fsp3) is 0.556. The Morgan fingerprint density at radius 3 is 2.50 bits per heavy atom. The molecule has 2 aliphatic heterocycles. The zero-order chi connectivity index (χ0) is 17.1. The van der Waals surface area contributed by atoms with E-state index in [0.29, 0.717) is 26.1 Å². The van der Waals surface area contributed by atoms with Gasteiger partial charge in [-0.1, -0.05) is 12.1 Å². The van der Waals surface area contributed by atoms with Gasteiger partial charge in [0.1, 0.15) is 5.75 Å². The number of nitrogens with zero attached hydrogens (tertiary/aromatic N) is 3. The van der Waals surface area contributed by atoms with E-state index in [-0.39, 0.29) is 17.7 Å². The predicted molar refractivity (Wildman–Crippen MR) is 92.1 cm³/mol. The highest BCUT2D eigenvalue weighted by Gasteiger charge is 2.33. The van der Waals surface area contributed by atoms with Crippen LogP contribution < -0.4 is 9.64 Å². The second kappa shape index (κ2) is 7.11. The first-order valence-corrected chi connectivity index (χ1v) is 8.51. The maximum Gasteiger partial charge on any atom is 0.226 e. The third-order valence-corrected chi connectivity index (χ3v) is 5.03. The number of piperazine rings is 1. The van der Waals surface area contributed by atoms with Gasteiger partial charge in [-0.2, -0.15) is 0 Å². The van der Waals surface area contributed by atoms with Gasteiger partial charge in [-0.05, 0) is 18.6 Å². The van der Waals surface area contributed by atoms with Crippen LogP contribution in [-0.4, -0.2) is 68.5 Å². The van der Waals surface area contributed by atoms with Crippen LogP contribution in [0.1, 0.15) is 12.8 Å². The summed E-state index contributed by atoms with van der Waals surface area (Å²) >= 11 is 0. The number of para-hydroxylation sites is 2. The van der Waals surface area contributed by atoms with E-state index in [0.717, 1.165) is 30.9 Å². The Morgan fingerprint density at radius 1 is 1.12 bits per heavy atom. The predicted octanol–water partition coefficient (Wildman–Crippen LogP) is 1.21. The highest BCUT2D eigenvalue weighted by Crippen LogP contribution is 2.29. The quantitative estimate of drug-likeness (QED) is 0.835. The average Bonchev–Trinajstić information content (AvgIpc) is 2.63. The lowest BCUT2D eigenvalue weighted by atomic mass is 9.94. The Kier molecular flexibility index (Phi) is 4.92. The molecule has 1 atom stereocenters. The molecule has 1 aromatic carbocycles. The van der Waals surface area contributed by atoms with Crippen LogP contribution in [0.15, 0.2) is 24.3 Å². The van der Waals surface area contributed by atoms with E-state index in [2.05, 4.69) is 4.90 Å². The van der Waals surface area contributed by atoms with Crippen molar-refractivity contribution in [2.75, 3.05) is 51.8 Å². The summed E-state index contributed by atoms with van der Waals surface area (Å²) in [5, 5.41) is 0. The highest BCUT2D eigenvalue weighted by atomic mass is 16.5. The number of carbonyl (C=O) groups is 2. The van der Waals surface area contributed by atoms with Gasteiger partial charge in [0, 0.05) is 52.1 Å². The number of hydrogen-bond acceptors (Lipinski definition) is 4. The number of amides is 2. The molecule has 0 N–H and O–H groups in total. The molecule has 6 heteroatoms. The molecule has 3 rings (SSSR count). The maximum absolute atomic E-state index is 12.7. The van der Waals surface area contributed by atoms with Crippen molar-refractivity contribution in [3.63, 3.8) is 0 Å². The minimum absolute atomic E-state index is 0.0762. The SMILES string of the molecule is COc1ccccc1N1CCN(C(=O)[C@H]2CCN(C)C(=O)C2)CC1. The molecule has 0 radical (unpaired) electrons. The van der Waals surface area contributed by atoms with Gasteiger partial charge in [-0.3, -0.25) is 9.59 Å². The second-order valence-electron chi connectivity index (χ2n) is 6.49. The lowest BCUT2D eigenvalue weighted by Gasteiger charge is -2.39. The zero-order valence-electron chi connectivity index (χ0n) is 14.4. The van der Waals surface area contributed by atoms with Gasteiger partial charge in [0.25, 0.3) is 0 Å². The van der Waals surface area contributed by atoms with Gasteiger partial charge in [-0.15, -0.1) is 0 Å². The van der Waals surface area contributed by atoms with Crippen LogP contribution in [0.5, 0.6) is 5.75 Å². The van der Waals surface area contributed by atoms with Gasteiger partial charge >= 0.3 is 0 Å². The number of methoxy groups -OCH3 is 1. The highest BCUT2D eigenvalue weighted by molar-refractivity contribution is 5.87. The topological polar surface area (TPSA) is 53.1 Å². The molecular formula is C18H25N3O3. The largest absolute Gasteiger partial charge is 0.495 e. The molecule has 0 aromatic heterocycles. The number of rotatable bonds is 3. The first-order chi connectivity index (χ1) is 11.6. The van der Waals surface area contributed by atoms with Crippen molar-refractivity contribution >= 4 is 17.5 Å². The molecule has 0 spiro atoms. The third kappa shape index (κ3) is 3.32. The van der Waals surface area contributed by atoms with Crippen LogP contribution in [0, 0.1) is 5.92 Å². The van der Waals surface area contributed by atoms with Crippen molar-refractivity contribution in [3.8, 4) is 5.75 Å². The summed E-state index contributed by atoms with van der Waals surface area (Å²) < 4.78 is 5.43. The normalized spacial score (nSPS) is 21.8. The van der Waals surface area contributed by atoms with E-state index < -0.39 is 0 Å². The molecule has 6 nitrogen and oxygen atoms in total. The van der Waals surface area contributed by atoms with Crippen molar-refractivity contribution in [2.24, 2.45) is 5.92 Å². The van der Waals surface area contributed by atoms with E-state index in [1.165, 1.54) is 0 Å². The minimum Gasteiger partial charge on any atom is -0.495 e. The molecule has 2 saturated heterocycles. The number of benzene rings is 1. The van der Waals surface area contributed by atoms with Crippen LogP contribution in [0.25, 0.3) is 0 Å². The summed E-state index contributed by atoms with van der Waals surface area (Å²) in [6.07, 6.45) is 1.12. The molecule has 1 aromatic rings. The summed E-state index contributed by atoms with van der Waals surface area (Å²) in [6, 6.07) is 7.96. The molecule has 24 heavy (non-hydrogen) atoms. The van der Waals surface area contributed by atoms with Crippen LogP contribution in [0.3, 0.4) is 0 Å². The zero-order valence-corrected chi connectivity index (χ0v) is 14.4. The Morgan fingerprint density at radius 2 is 1.83 bits per heavy atom. The molecule has 0 bridgehead atoms. The van der Waals surface area contributed by atoms with Gasteiger partial charge < -0.3 is 19.4 Å². The number of ether oxygens (including phenoxy) is 1. The number of likely N-dealkylation sites (tertiary alicyclic amines) is 1. The molecule has 0 unspecified atom stereocenters. The smallest absolute Gasteiger partial charge is 0.226 e. The van der Waals surface area contributed by atoms with Gasteiger partial charge in [0.2, 0.25) is 11.8 Å². The van der Waals surface area contributed by atoms with Crippen molar-refractivity contribution in [1.82, 2.24) is 9.80 Å². The van der Waals surface area contributed by atoms with E-state index in [1.807, 2.05) is 29.2 Å². The number of carbonyl (C=O) groups excluding carboxylic acids is 2. The van der Waals surface area contributed by atoms with E-state index in [4.69, 9.17) is 4.74 Å². The number of hydrogen-bond donors (Lipinski definition) is 0. The lowest BCUT2D eigenvalue weighted by Crippen LogP contribution is -2.52. The monoisotopic (exact) mass is 331 g/mol. The summed E-state index contributed by atoms with van der Waals surface area (Å²) in [7, 11) is 3.48. The van der Waals surface area contributed by atoms with Crippen LogP contribution in [-0.2, 0) is 9.59 Å². The van der Waals surface area contributed by atoms with Crippen molar-refractivity contribution < 1.29 is 14.3 Å². The van der Waals surface area contributed by atoms with Crippen molar-refractivity contribution in [1.29, 1.82) is 0 Å². The second-order valence-corrected chi connectivity index (χ2v) is 6.49. The Hall–Kier alpha value is -2.24. The van der Waals surface area contributed by atoms with E-state index in [1.54, 1.807) is 19.1 Å². The average molecular weight is 331 g/mol. The first-order valence-electron chi connectivity index (χ1n) is 8.51. The van der Waals surface area contributed by atoms with Gasteiger partial charge in [0.15, 0.2) is 0 Å². The molecular weight excluding hydrogens is 306 g/mol. The fourth-order valence-electron chi connectivity index (χ4n) is 3.47. The van der Waals surface area contributed by atoms with E-state index in [9.17, 15) is 9.59 Å². The summed E-state index contributed by atoms with van der Waals surface area (Å²) in [5.74, 6) is 0.924. The summed E-state index contributed by atoms with van der Waals surface area (Å²) in [4.78, 5) is 30.4. The summed E-state index contributed by atoms with van der Waals surface area (Å²) in [5.41, 5.74) is 1.07. The van der Waals surface area contributed by atoms with Crippen LogP contribution in [0.2, 0.25) is 0 Å². The molecule has 0 aliphatic carbocycles. The Labute approximate surface area is 143 Å². The van der Waals surface area contributed by atoms with Crippen molar-refractivity contribution in [2.45, 2.75) is 12.8 Å². The van der Waals surface area contributed by atoms with Crippen LogP contribution >= 0.6 is 0 Å². The molecule has 0 saturated carbocycles. The minimum atomic E-state index is -0.147. The molecule has 2 aliphatic rings. The standard InChI is InChI=1S/C18H25N3O3/c1-19-8-7-14(13-17(19)22)18(23)21-11-9-20(10-12-21)15-5-3-4-6-16(15)24-2/h3-6,14H,7-13H2,1-2H3/t14-/m0/s1. The fourth-order valence-corrected chi connectivity index (χ4v) is 3.47. The Bertz CT molecular complexity index is 611. The summed E-state index contributed by atoms with van der Waals surface area (Å²) in [6.45, 7) is 3.63. The van der Waals surface area contributed by atoms with Gasteiger partial charge in [-0.25, -0.2) is 0 Å². The van der Waals surface area contributed by atoms with Crippen LogP contribution in [0.4, 0.5) is 5.69 Å². The number of anilines is 1.